The summed E-state index contributed by atoms with van der Waals surface area (Å²) < 4.78 is 5.26. The molecule has 4 nitrogen and oxygen atoms in total. The van der Waals surface area contributed by atoms with E-state index in [1.165, 1.54) is 0 Å². The Morgan fingerprint density at radius 1 is 1.42 bits per heavy atom. The van der Waals surface area contributed by atoms with E-state index in [9.17, 15) is 0 Å². The standard InChI is InChI=1S/C14H17N3OS/c1-11-6-8-15-13(10-11)17-14(19)16-7-2-4-12-5-3-9-18-12/h3,5-6,8-10H,2,4,7H2,1H3,(H2,15,16,17,19). The van der Waals surface area contributed by atoms with Gasteiger partial charge in [0.25, 0.3) is 0 Å². The Bertz CT molecular complexity index is 525. The fourth-order valence-electron chi connectivity index (χ4n) is 1.68. The first-order valence-corrected chi connectivity index (χ1v) is 6.65. The van der Waals surface area contributed by atoms with Crippen LogP contribution in [0.1, 0.15) is 17.7 Å². The van der Waals surface area contributed by atoms with Crippen molar-refractivity contribution in [3.63, 3.8) is 0 Å². The van der Waals surface area contributed by atoms with Crippen LogP contribution in [0.4, 0.5) is 5.82 Å². The van der Waals surface area contributed by atoms with E-state index in [0.29, 0.717) is 5.11 Å². The second-order valence-electron chi connectivity index (χ2n) is 4.28. The SMILES string of the molecule is Cc1ccnc(NC(=S)NCCCc2ccco2)c1. The minimum absolute atomic E-state index is 0.595. The zero-order chi connectivity index (χ0) is 13.5. The molecule has 100 valence electrons. The molecule has 2 aromatic rings. The quantitative estimate of drug-likeness (QED) is 0.649. The predicted octanol–water partition coefficient (Wildman–Crippen LogP) is 2.90. The number of nitrogens with zero attached hydrogens (tertiary/aromatic N) is 1. The molecule has 0 spiro atoms. The molecular weight excluding hydrogens is 258 g/mol. The van der Waals surface area contributed by atoms with Crippen molar-refractivity contribution in [3.8, 4) is 0 Å². The van der Waals surface area contributed by atoms with Gasteiger partial charge in [0.05, 0.1) is 6.26 Å². The van der Waals surface area contributed by atoms with Crippen molar-refractivity contribution >= 4 is 23.1 Å². The summed E-state index contributed by atoms with van der Waals surface area (Å²) in [6, 6.07) is 7.79. The first-order valence-electron chi connectivity index (χ1n) is 6.24. The third kappa shape index (κ3) is 4.71. The van der Waals surface area contributed by atoms with Crippen molar-refractivity contribution < 1.29 is 4.42 Å². The number of nitrogens with one attached hydrogen (secondary N) is 2. The van der Waals surface area contributed by atoms with Crippen LogP contribution in [0, 0.1) is 6.92 Å². The molecule has 2 rings (SSSR count). The molecule has 0 bridgehead atoms. The molecule has 0 aliphatic heterocycles. The highest BCUT2D eigenvalue weighted by Gasteiger charge is 1.99. The zero-order valence-corrected chi connectivity index (χ0v) is 11.7. The van der Waals surface area contributed by atoms with Gasteiger partial charge in [-0.25, -0.2) is 4.98 Å². The Balaban J connectivity index is 1.67. The maximum absolute atomic E-state index is 5.26. The summed E-state index contributed by atoms with van der Waals surface area (Å²) in [7, 11) is 0. The van der Waals surface area contributed by atoms with Crippen molar-refractivity contribution in [2.45, 2.75) is 19.8 Å². The Morgan fingerprint density at radius 3 is 3.05 bits per heavy atom. The van der Waals surface area contributed by atoms with E-state index < -0.39 is 0 Å². The van der Waals surface area contributed by atoms with Gasteiger partial charge >= 0.3 is 0 Å². The van der Waals surface area contributed by atoms with Gasteiger partial charge < -0.3 is 15.1 Å². The first-order chi connectivity index (χ1) is 9.24. The van der Waals surface area contributed by atoms with Gasteiger partial charge in [-0.15, -0.1) is 0 Å². The van der Waals surface area contributed by atoms with Gasteiger partial charge in [0.1, 0.15) is 11.6 Å². The van der Waals surface area contributed by atoms with E-state index in [0.717, 1.165) is 36.5 Å². The van der Waals surface area contributed by atoms with Crippen molar-refractivity contribution in [3.05, 3.63) is 48.0 Å². The van der Waals surface area contributed by atoms with Gasteiger partial charge in [0, 0.05) is 19.2 Å². The molecule has 0 fully saturated rings. The highest BCUT2D eigenvalue weighted by molar-refractivity contribution is 7.80. The average molecular weight is 275 g/mol. The fraction of sp³-hybridized carbons (Fsp3) is 0.286. The maximum Gasteiger partial charge on any atom is 0.171 e. The molecule has 2 aromatic heterocycles. The molecule has 2 heterocycles. The second kappa shape index (κ2) is 6.89. The lowest BCUT2D eigenvalue weighted by Gasteiger charge is -2.09. The number of hydrogen-bond acceptors (Lipinski definition) is 3. The summed E-state index contributed by atoms with van der Waals surface area (Å²) in [5.41, 5.74) is 1.15. The summed E-state index contributed by atoms with van der Waals surface area (Å²) in [5.74, 6) is 1.77. The van der Waals surface area contributed by atoms with E-state index in [1.807, 2.05) is 31.2 Å². The largest absolute Gasteiger partial charge is 0.469 e. The molecule has 0 saturated heterocycles. The maximum atomic E-state index is 5.26. The minimum Gasteiger partial charge on any atom is -0.469 e. The molecular formula is C14H17N3OS. The smallest absolute Gasteiger partial charge is 0.171 e. The molecule has 2 N–H and O–H groups in total. The Labute approximate surface area is 118 Å². The average Bonchev–Trinajstić information content (AvgIpc) is 2.88. The zero-order valence-electron chi connectivity index (χ0n) is 10.8. The van der Waals surface area contributed by atoms with Crippen LogP contribution in [-0.2, 0) is 6.42 Å². The number of hydrogen-bond donors (Lipinski definition) is 2. The number of aromatic nitrogens is 1. The summed E-state index contributed by atoms with van der Waals surface area (Å²) in [6.07, 6.45) is 5.33. The lowest BCUT2D eigenvalue weighted by Crippen LogP contribution is -2.29. The summed E-state index contributed by atoms with van der Waals surface area (Å²) in [5, 5.41) is 6.81. The Hall–Kier alpha value is -1.88. The van der Waals surface area contributed by atoms with E-state index in [-0.39, 0.29) is 0 Å². The van der Waals surface area contributed by atoms with Crippen molar-refractivity contribution in [2.75, 3.05) is 11.9 Å². The van der Waals surface area contributed by atoms with E-state index in [1.54, 1.807) is 12.5 Å². The van der Waals surface area contributed by atoms with Crippen LogP contribution in [0.15, 0.2) is 41.1 Å². The van der Waals surface area contributed by atoms with Crippen molar-refractivity contribution in [1.82, 2.24) is 10.3 Å². The molecule has 0 aliphatic rings. The fourth-order valence-corrected chi connectivity index (χ4v) is 1.89. The number of anilines is 1. The van der Waals surface area contributed by atoms with Crippen LogP contribution < -0.4 is 10.6 Å². The number of aryl methyl sites for hydroxylation is 2. The third-order valence-corrected chi connectivity index (χ3v) is 2.87. The topological polar surface area (TPSA) is 50.1 Å². The van der Waals surface area contributed by atoms with E-state index >= 15 is 0 Å². The van der Waals surface area contributed by atoms with Gasteiger partial charge in [0.2, 0.25) is 0 Å². The molecule has 0 saturated carbocycles. The molecule has 0 amide bonds. The van der Waals surface area contributed by atoms with Crippen LogP contribution >= 0.6 is 12.2 Å². The van der Waals surface area contributed by atoms with Gasteiger partial charge in [0.15, 0.2) is 5.11 Å². The predicted molar refractivity (Wildman–Crippen MR) is 80.2 cm³/mol. The molecule has 0 atom stereocenters. The van der Waals surface area contributed by atoms with E-state index in [2.05, 4.69) is 15.6 Å². The van der Waals surface area contributed by atoms with Crippen LogP contribution in [0.25, 0.3) is 0 Å². The van der Waals surface area contributed by atoms with Crippen LogP contribution in [0.5, 0.6) is 0 Å². The highest BCUT2D eigenvalue weighted by atomic mass is 32.1. The molecule has 0 unspecified atom stereocenters. The highest BCUT2D eigenvalue weighted by Crippen LogP contribution is 2.05. The lowest BCUT2D eigenvalue weighted by atomic mass is 10.2. The van der Waals surface area contributed by atoms with Gasteiger partial charge in [-0.05, 0) is 55.4 Å². The molecule has 0 radical (unpaired) electrons. The summed E-state index contributed by atoms with van der Waals surface area (Å²) >= 11 is 5.21. The summed E-state index contributed by atoms with van der Waals surface area (Å²) in [4.78, 5) is 4.19. The minimum atomic E-state index is 0.595. The Kier molecular flexibility index (Phi) is 4.92. The monoisotopic (exact) mass is 275 g/mol. The normalized spacial score (nSPS) is 10.2. The van der Waals surface area contributed by atoms with E-state index in [4.69, 9.17) is 16.6 Å². The van der Waals surface area contributed by atoms with Crippen LogP contribution in [0.2, 0.25) is 0 Å². The third-order valence-electron chi connectivity index (χ3n) is 2.62. The lowest BCUT2D eigenvalue weighted by molar-refractivity contribution is 0.501. The van der Waals surface area contributed by atoms with Crippen molar-refractivity contribution in [2.24, 2.45) is 0 Å². The molecule has 0 aliphatic carbocycles. The van der Waals surface area contributed by atoms with Gasteiger partial charge in [-0.1, -0.05) is 0 Å². The molecule has 5 heteroatoms. The molecule has 0 aromatic carbocycles. The number of furan rings is 1. The van der Waals surface area contributed by atoms with Crippen molar-refractivity contribution in [1.29, 1.82) is 0 Å². The number of rotatable bonds is 5. The van der Waals surface area contributed by atoms with Gasteiger partial charge in [-0.2, -0.15) is 0 Å². The number of pyridine rings is 1. The second-order valence-corrected chi connectivity index (χ2v) is 4.69. The Morgan fingerprint density at radius 2 is 2.32 bits per heavy atom. The van der Waals surface area contributed by atoms with Gasteiger partial charge in [-0.3, -0.25) is 0 Å². The van der Waals surface area contributed by atoms with Crippen LogP contribution in [-0.4, -0.2) is 16.6 Å². The van der Waals surface area contributed by atoms with Crippen LogP contribution in [0.3, 0.4) is 0 Å². The first kappa shape index (κ1) is 13.5. The molecule has 19 heavy (non-hydrogen) atoms. The summed E-state index contributed by atoms with van der Waals surface area (Å²) in [6.45, 7) is 2.82. The number of thiocarbonyl (C=S) groups is 1.